The summed E-state index contributed by atoms with van der Waals surface area (Å²) in [6.45, 7) is 4.76. The number of β-amino-alcohol motifs (C(OH)–C–C–N with tert-alkyl or cyclic N) is 1. The molecule has 4 nitrogen and oxygen atoms in total. The number of hydrogen-bond acceptors (Lipinski definition) is 3. The molecule has 5 heteroatoms. The molecule has 0 bridgehead atoms. The molecule has 1 atom stereocenters. The Hall–Kier alpha value is -2.14. The van der Waals surface area contributed by atoms with Crippen LogP contribution in [0.25, 0.3) is 5.57 Å². The molecule has 0 aliphatic carbocycles. The van der Waals surface area contributed by atoms with E-state index in [9.17, 15) is 9.90 Å². The average Bonchev–Trinajstić information content (AvgIpc) is 2.74. The molecule has 152 valence electrons. The summed E-state index contributed by atoms with van der Waals surface area (Å²) < 4.78 is 0. The van der Waals surface area contributed by atoms with Crippen LogP contribution in [-0.4, -0.2) is 42.1 Å². The first-order valence-corrected chi connectivity index (χ1v) is 10.7. The Morgan fingerprint density at radius 1 is 1.14 bits per heavy atom. The Bertz CT molecular complexity index is 923. The van der Waals surface area contributed by atoms with E-state index in [0.717, 1.165) is 60.7 Å². The normalized spacial score (nSPS) is 18.2. The van der Waals surface area contributed by atoms with E-state index < -0.39 is 6.10 Å². The summed E-state index contributed by atoms with van der Waals surface area (Å²) in [6.07, 6.45) is 4.61. The zero-order valence-electron chi connectivity index (χ0n) is 16.8. The number of aliphatic hydroxyl groups is 1. The van der Waals surface area contributed by atoms with Crippen molar-refractivity contribution in [3.63, 3.8) is 0 Å². The van der Waals surface area contributed by atoms with Crippen LogP contribution < -0.4 is 4.90 Å². The third-order valence-electron chi connectivity index (χ3n) is 5.93. The highest BCUT2D eigenvalue weighted by Gasteiger charge is 2.22. The number of aliphatic hydroxyl groups excluding tert-OH is 1. The van der Waals surface area contributed by atoms with Crippen LogP contribution in [0, 0.1) is 0 Å². The van der Waals surface area contributed by atoms with Gasteiger partial charge in [0.2, 0.25) is 5.91 Å². The molecule has 2 heterocycles. The lowest BCUT2D eigenvalue weighted by atomic mass is 9.96. The van der Waals surface area contributed by atoms with Gasteiger partial charge in [-0.05, 0) is 59.7 Å². The fraction of sp³-hybridized carbons (Fsp3) is 0.375. The molecular weight excluding hydrogens is 384 g/mol. The molecular formula is C24H27ClN2O2. The van der Waals surface area contributed by atoms with E-state index in [1.807, 2.05) is 29.2 Å². The molecule has 2 aliphatic heterocycles. The van der Waals surface area contributed by atoms with Crippen molar-refractivity contribution in [3.8, 4) is 0 Å². The molecule has 2 aromatic rings. The van der Waals surface area contributed by atoms with Crippen LogP contribution in [0.15, 0.2) is 48.5 Å². The molecule has 0 fully saturated rings. The molecule has 0 spiro atoms. The molecule has 0 saturated heterocycles. The average molecular weight is 411 g/mol. The van der Waals surface area contributed by atoms with E-state index >= 15 is 0 Å². The summed E-state index contributed by atoms with van der Waals surface area (Å²) in [5.74, 6) is 0.0795. The van der Waals surface area contributed by atoms with Gasteiger partial charge >= 0.3 is 0 Å². The van der Waals surface area contributed by atoms with Crippen LogP contribution in [0.1, 0.15) is 42.6 Å². The lowest BCUT2D eigenvalue weighted by molar-refractivity contribution is -0.116. The van der Waals surface area contributed by atoms with Crippen molar-refractivity contribution in [1.29, 1.82) is 0 Å². The first kappa shape index (κ1) is 20.1. The summed E-state index contributed by atoms with van der Waals surface area (Å²) in [6, 6.07) is 14.0. The minimum absolute atomic E-state index is 0.0795. The van der Waals surface area contributed by atoms with Gasteiger partial charge < -0.3 is 10.0 Å². The Morgan fingerprint density at radius 3 is 2.62 bits per heavy atom. The number of benzene rings is 2. The summed E-state index contributed by atoms with van der Waals surface area (Å²) in [5, 5.41) is 11.6. The highest BCUT2D eigenvalue weighted by molar-refractivity contribution is 6.30. The highest BCUT2D eigenvalue weighted by atomic mass is 35.5. The van der Waals surface area contributed by atoms with Crippen molar-refractivity contribution < 1.29 is 9.90 Å². The van der Waals surface area contributed by atoms with E-state index in [-0.39, 0.29) is 5.91 Å². The predicted octanol–water partition coefficient (Wildman–Crippen LogP) is 4.46. The van der Waals surface area contributed by atoms with Gasteiger partial charge in [-0.15, -0.1) is 0 Å². The number of aryl methyl sites for hydroxylation is 1. The standard InChI is InChI=1S/C24H27ClN2O2/c1-17(28)27-12-2-3-20-15-21(6-9-23(20)27)24(29)16-26-13-10-19(11-14-26)18-4-7-22(25)8-5-18/h4-10,15,24,29H,2-3,11-14,16H2,1H3/t24-/m0/s1. The summed E-state index contributed by atoms with van der Waals surface area (Å²) in [5.41, 5.74) is 5.64. The molecule has 0 aromatic heterocycles. The van der Waals surface area contributed by atoms with Gasteiger partial charge in [0.25, 0.3) is 0 Å². The SMILES string of the molecule is CC(=O)N1CCCc2cc([C@@H](O)CN3CC=C(c4ccc(Cl)cc4)CC3)ccc21. The minimum atomic E-state index is -0.529. The summed E-state index contributed by atoms with van der Waals surface area (Å²) in [4.78, 5) is 16.0. The molecule has 0 saturated carbocycles. The third-order valence-corrected chi connectivity index (χ3v) is 6.18. The van der Waals surface area contributed by atoms with Gasteiger partial charge in [-0.1, -0.05) is 41.9 Å². The molecule has 0 unspecified atom stereocenters. The fourth-order valence-corrected chi connectivity index (χ4v) is 4.43. The maximum Gasteiger partial charge on any atom is 0.223 e. The fourth-order valence-electron chi connectivity index (χ4n) is 4.30. The molecule has 2 aliphatic rings. The largest absolute Gasteiger partial charge is 0.387 e. The van der Waals surface area contributed by atoms with Crippen molar-refractivity contribution in [2.45, 2.75) is 32.3 Å². The van der Waals surface area contributed by atoms with Crippen LogP contribution in [0.3, 0.4) is 0 Å². The van der Waals surface area contributed by atoms with Crippen LogP contribution in [0.5, 0.6) is 0 Å². The molecule has 1 N–H and O–H groups in total. The van der Waals surface area contributed by atoms with Crippen LogP contribution in [-0.2, 0) is 11.2 Å². The molecule has 4 rings (SSSR count). The van der Waals surface area contributed by atoms with Crippen LogP contribution >= 0.6 is 11.6 Å². The number of fused-ring (bicyclic) bond motifs is 1. The minimum Gasteiger partial charge on any atom is -0.387 e. The first-order valence-electron chi connectivity index (χ1n) is 10.3. The molecule has 2 aromatic carbocycles. The number of carbonyl (C=O) groups excluding carboxylic acids is 1. The van der Waals surface area contributed by atoms with Crippen LogP contribution in [0.4, 0.5) is 5.69 Å². The van der Waals surface area contributed by atoms with Gasteiger partial charge in [0, 0.05) is 43.8 Å². The van der Waals surface area contributed by atoms with Gasteiger partial charge in [0.15, 0.2) is 0 Å². The number of amides is 1. The highest BCUT2D eigenvalue weighted by Crippen LogP contribution is 2.31. The number of anilines is 1. The van der Waals surface area contributed by atoms with Crippen molar-refractivity contribution in [2.24, 2.45) is 0 Å². The Kier molecular flexibility index (Phi) is 6.04. The van der Waals surface area contributed by atoms with Gasteiger partial charge in [0.1, 0.15) is 0 Å². The topological polar surface area (TPSA) is 43.8 Å². The van der Waals surface area contributed by atoms with E-state index in [1.54, 1.807) is 6.92 Å². The van der Waals surface area contributed by atoms with E-state index in [4.69, 9.17) is 11.6 Å². The number of nitrogens with zero attached hydrogens (tertiary/aromatic N) is 2. The first-order chi connectivity index (χ1) is 14.0. The molecule has 0 radical (unpaired) electrons. The second kappa shape index (κ2) is 8.70. The monoisotopic (exact) mass is 410 g/mol. The van der Waals surface area contributed by atoms with Crippen molar-refractivity contribution in [2.75, 3.05) is 31.1 Å². The van der Waals surface area contributed by atoms with Crippen molar-refractivity contribution in [3.05, 3.63) is 70.3 Å². The van der Waals surface area contributed by atoms with E-state index in [2.05, 4.69) is 29.2 Å². The van der Waals surface area contributed by atoms with Gasteiger partial charge in [-0.2, -0.15) is 0 Å². The lowest BCUT2D eigenvalue weighted by Crippen LogP contribution is -2.34. The predicted molar refractivity (Wildman–Crippen MR) is 118 cm³/mol. The number of rotatable bonds is 4. The maximum absolute atomic E-state index is 11.8. The summed E-state index contributed by atoms with van der Waals surface area (Å²) >= 11 is 5.98. The van der Waals surface area contributed by atoms with Gasteiger partial charge in [0.05, 0.1) is 6.10 Å². The molecule has 29 heavy (non-hydrogen) atoms. The van der Waals surface area contributed by atoms with E-state index in [1.165, 1.54) is 11.1 Å². The smallest absolute Gasteiger partial charge is 0.223 e. The Labute approximate surface area is 177 Å². The maximum atomic E-state index is 11.8. The Morgan fingerprint density at radius 2 is 1.93 bits per heavy atom. The second-order valence-corrected chi connectivity index (χ2v) is 8.36. The Balaban J connectivity index is 1.41. The van der Waals surface area contributed by atoms with Crippen molar-refractivity contribution in [1.82, 2.24) is 4.90 Å². The van der Waals surface area contributed by atoms with Crippen LogP contribution in [0.2, 0.25) is 5.02 Å². The molecule has 1 amide bonds. The lowest BCUT2D eigenvalue weighted by Gasteiger charge is -2.31. The quantitative estimate of drug-likeness (QED) is 0.809. The number of carbonyl (C=O) groups is 1. The number of halogens is 1. The van der Waals surface area contributed by atoms with Gasteiger partial charge in [-0.3, -0.25) is 9.69 Å². The second-order valence-electron chi connectivity index (χ2n) is 7.92. The summed E-state index contributed by atoms with van der Waals surface area (Å²) in [7, 11) is 0. The number of hydrogen-bond donors (Lipinski definition) is 1. The van der Waals surface area contributed by atoms with E-state index in [0.29, 0.717) is 6.54 Å². The zero-order valence-corrected chi connectivity index (χ0v) is 17.5. The van der Waals surface area contributed by atoms with Gasteiger partial charge in [-0.25, -0.2) is 0 Å². The zero-order chi connectivity index (χ0) is 20.4. The third kappa shape index (κ3) is 4.55. The van der Waals surface area contributed by atoms with Crippen molar-refractivity contribution >= 4 is 28.8 Å².